The molecule has 0 amide bonds. The Hall–Kier alpha value is -3.49. The van der Waals surface area contributed by atoms with E-state index < -0.39 is 29.3 Å². The van der Waals surface area contributed by atoms with Crippen LogP contribution in [0.4, 0.5) is 8.78 Å². The van der Waals surface area contributed by atoms with Crippen LogP contribution in [0.25, 0.3) is 11.1 Å². The van der Waals surface area contributed by atoms with Crippen LogP contribution in [0.1, 0.15) is 62.3 Å². The number of benzene rings is 3. The lowest BCUT2D eigenvalue weighted by Gasteiger charge is -2.34. The topological polar surface area (TPSA) is 74.2 Å². The molecule has 40 heavy (non-hydrogen) atoms. The van der Waals surface area contributed by atoms with Gasteiger partial charge in [-0.25, -0.2) is 8.78 Å². The SMILES string of the molecule is C1CC1.COc1ccc(F)c(-c2ccc(COc3cccc(CCC(=O)O)c3F)cc2C(OC)C(C)(C)OC)c1. The zero-order valence-electron chi connectivity index (χ0n) is 23.8. The molecule has 8 heteroatoms. The predicted molar refractivity (Wildman–Crippen MR) is 150 cm³/mol. The van der Waals surface area contributed by atoms with Gasteiger partial charge in [0.1, 0.15) is 24.3 Å². The highest BCUT2D eigenvalue weighted by Crippen LogP contribution is 2.40. The number of carbonyl (C=O) groups is 1. The van der Waals surface area contributed by atoms with Crippen LogP contribution >= 0.6 is 0 Å². The number of carboxylic acid groups (broad SMARTS) is 1. The quantitative estimate of drug-likeness (QED) is 0.249. The summed E-state index contributed by atoms with van der Waals surface area (Å²) in [7, 11) is 4.64. The maximum absolute atomic E-state index is 15.0. The summed E-state index contributed by atoms with van der Waals surface area (Å²) in [6, 6.07) is 14.5. The molecule has 0 bridgehead atoms. The molecule has 0 aromatic heterocycles. The van der Waals surface area contributed by atoms with Crippen molar-refractivity contribution >= 4 is 5.97 Å². The Balaban J connectivity index is 0.00000137. The number of hydrogen-bond donors (Lipinski definition) is 1. The van der Waals surface area contributed by atoms with E-state index in [4.69, 9.17) is 24.1 Å². The van der Waals surface area contributed by atoms with Crippen molar-refractivity contribution in [2.45, 2.75) is 64.3 Å². The lowest BCUT2D eigenvalue weighted by atomic mass is 9.87. The fourth-order valence-corrected chi connectivity index (χ4v) is 4.16. The molecule has 1 saturated carbocycles. The Bertz CT molecular complexity index is 1290. The number of methoxy groups -OCH3 is 3. The smallest absolute Gasteiger partial charge is 0.303 e. The molecule has 0 radical (unpaired) electrons. The third-order valence-electron chi connectivity index (χ3n) is 6.65. The number of halogens is 2. The molecule has 0 aliphatic heterocycles. The van der Waals surface area contributed by atoms with Gasteiger partial charge in [0.2, 0.25) is 0 Å². The van der Waals surface area contributed by atoms with E-state index in [1.807, 2.05) is 19.9 Å². The number of ether oxygens (including phenoxy) is 4. The zero-order chi connectivity index (χ0) is 29.3. The predicted octanol–water partition coefficient (Wildman–Crippen LogP) is 7.52. The maximum atomic E-state index is 15.0. The van der Waals surface area contributed by atoms with E-state index >= 15 is 0 Å². The molecule has 1 aliphatic rings. The van der Waals surface area contributed by atoms with Crippen molar-refractivity contribution in [3.8, 4) is 22.6 Å². The highest BCUT2D eigenvalue weighted by molar-refractivity contribution is 5.71. The van der Waals surface area contributed by atoms with Gasteiger partial charge in [-0.05, 0) is 72.9 Å². The highest BCUT2D eigenvalue weighted by atomic mass is 19.1. The number of aryl methyl sites for hydroxylation is 1. The van der Waals surface area contributed by atoms with Gasteiger partial charge in [0.05, 0.1) is 12.7 Å². The van der Waals surface area contributed by atoms with Crippen LogP contribution in [0, 0.1) is 11.6 Å². The van der Waals surface area contributed by atoms with Gasteiger partial charge >= 0.3 is 5.97 Å². The Labute approximate surface area is 234 Å². The summed E-state index contributed by atoms with van der Waals surface area (Å²) < 4.78 is 52.4. The van der Waals surface area contributed by atoms with Crippen molar-refractivity contribution in [1.29, 1.82) is 0 Å². The van der Waals surface area contributed by atoms with Gasteiger partial charge in [0, 0.05) is 26.2 Å². The van der Waals surface area contributed by atoms with Gasteiger partial charge < -0.3 is 24.1 Å². The van der Waals surface area contributed by atoms with E-state index in [0.29, 0.717) is 28.0 Å². The number of aliphatic carboxylic acids is 1. The van der Waals surface area contributed by atoms with Crippen LogP contribution in [-0.4, -0.2) is 38.0 Å². The minimum Gasteiger partial charge on any atom is -0.497 e. The first-order valence-electron chi connectivity index (χ1n) is 13.3. The minimum absolute atomic E-state index is 0.0212. The Kier molecular flexibility index (Phi) is 11.0. The second kappa shape index (κ2) is 14.2. The molecular formula is C32H38F2O6. The van der Waals surface area contributed by atoms with Crippen molar-refractivity contribution in [2.75, 3.05) is 21.3 Å². The van der Waals surface area contributed by atoms with Crippen molar-refractivity contribution in [3.05, 3.63) is 82.9 Å². The van der Waals surface area contributed by atoms with E-state index in [9.17, 15) is 13.6 Å². The van der Waals surface area contributed by atoms with Crippen LogP contribution in [0.3, 0.4) is 0 Å². The first-order chi connectivity index (χ1) is 19.1. The molecule has 1 atom stereocenters. The van der Waals surface area contributed by atoms with E-state index in [1.54, 1.807) is 44.6 Å². The molecule has 1 aliphatic carbocycles. The Morgan fingerprint density at radius 3 is 2.30 bits per heavy atom. The molecule has 1 fully saturated rings. The minimum atomic E-state index is -1.00. The molecule has 3 aromatic rings. The van der Waals surface area contributed by atoms with Crippen LogP contribution in [0.2, 0.25) is 0 Å². The second-order valence-electron chi connectivity index (χ2n) is 10.2. The Morgan fingerprint density at radius 1 is 0.975 bits per heavy atom. The summed E-state index contributed by atoms with van der Waals surface area (Å²) in [5, 5.41) is 8.90. The van der Waals surface area contributed by atoms with E-state index in [-0.39, 0.29) is 30.8 Å². The van der Waals surface area contributed by atoms with Gasteiger partial charge in [0.25, 0.3) is 0 Å². The number of rotatable bonds is 12. The maximum Gasteiger partial charge on any atom is 0.303 e. The third kappa shape index (κ3) is 8.26. The van der Waals surface area contributed by atoms with E-state index in [1.165, 1.54) is 44.6 Å². The average Bonchev–Trinajstić information content (AvgIpc) is 3.82. The largest absolute Gasteiger partial charge is 0.497 e. The van der Waals surface area contributed by atoms with Gasteiger partial charge in [-0.3, -0.25) is 4.79 Å². The van der Waals surface area contributed by atoms with Crippen LogP contribution < -0.4 is 9.47 Å². The van der Waals surface area contributed by atoms with Crippen molar-refractivity contribution in [1.82, 2.24) is 0 Å². The zero-order valence-corrected chi connectivity index (χ0v) is 23.8. The summed E-state index contributed by atoms with van der Waals surface area (Å²) in [6.07, 6.45) is 3.80. The average molecular weight is 557 g/mol. The summed E-state index contributed by atoms with van der Waals surface area (Å²) >= 11 is 0. The second-order valence-corrected chi connectivity index (χ2v) is 10.2. The molecule has 3 aromatic carbocycles. The standard InChI is InChI=1S/C29H32F2O6.C3H6/c1-29(2,36-5)28(35-4)23-15-18(9-12-21(23)22-16-20(34-3)11-13-24(22)30)17-37-25-8-6-7-19(27(25)31)10-14-26(32)33;1-2-3-1/h6-9,11-13,15-16,28H,10,14,17H2,1-5H3,(H,32,33);1-3H2. The van der Waals surface area contributed by atoms with E-state index in [2.05, 4.69) is 0 Å². The fraction of sp³-hybridized carbons (Fsp3) is 0.406. The molecule has 0 spiro atoms. The molecular weight excluding hydrogens is 518 g/mol. The number of carboxylic acids is 1. The first-order valence-corrected chi connectivity index (χ1v) is 13.3. The van der Waals surface area contributed by atoms with Crippen LogP contribution in [-0.2, 0) is 27.3 Å². The molecule has 6 nitrogen and oxygen atoms in total. The molecule has 4 rings (SSSR count). The van der Waals surface area contributed by atoms with Gasteiger partial charge in [0.15, 0.2) is 11.6 Å². The van der Waals surface area contributed by atoms with Gasteiger partial charge in [-0.1, -0.05) is 43.5 Å². The molecule has 0 saturated heterocycles. The lowest BCUT2D eigenvalue weighted by Crippen LogP contribution is -2.33. The summed E-state index contributed by atoms with van der Waals surface area (Å²) in [5.74, 6) is -1.48. The van der Waals surface area contributed by atoms with Crippen LogP contribution in [0.5, 0.6) is 11.5 Å². The summed E-state index contributed by atoms with van der Waals surface area (Å²) in [4.78, 5) is 10.9. The monoisotopic (exact) mass is 556 g/mol. The summed E-state index contributed by atoms with van der Waals surface area (Å²) in [6.45, 7) is 3.76. The molecule has 1 unspecified atom stereocenters. The molecule has 0 heterocycles. The molecule has 216 valence electrons. The van der Waals surface area contributed by atoms with Crippen LogP contribution in [0.15, 0.2) is 54.6 Å². The number of hydrogen-bond acceptors (Lipinski definition) is 5. The van der Waals surface area contributed by atoms with Gasteiger partial charge in [-0.15, -0.1) is 0 Å². The van der Waals surface area contributed by atoms with Crippen molar-refractivity contribution < 1.29 is 37.6 Å². The first kappa shape index (κ1) is 31.0. The van der Waals surface area contributed by atoms with Crippen molar-refractivity contribution in [2.24, 2.45) is 0 Å². The third-order valence-corrected chi connectivity index (χ3v) is 6.65. The fourth-order valence-electron chi connectivity index (χ4n) is 4.16. The summed E-state index contributed by atoms with van der Waals surface area (Å²) in [5.41, 5.74) is 1.81. The lowest BCUT2D eigenvalue weighted by molar-refractivity contribution is -0.136. The molecule has 1 N–H and O–H groups in total. The Morgan fingerprint density at radius 2 is 1.70 bits per heavy atom. The van der Waals surface area contributed by atoms with Gasteiger partial charge in [-0.2, -0.15) is 0 Å². The normalized spacial score (nSPS) is 13.2. The van der Waals surface area contributed by atoms with E-state index in [0.717, 1.165) is 0 Å². The van der Waals surface area contributed by atoms with Crippen molar-refractivity contribution in [3.63, 3.8) is 0 Å². The highest BCUT2D eigenvalue weighted by Gasteiger charge is 2.33.